The average molecular weight is 213 g/mol. The van der Waals surface area contributed by atoms with Crippen molar-refractivity contribution in [2.45, 2.75) is 6.04 Å². The quantitative estimate of drug-likeness (QED) is 0.818. The summed E-state index contributed by atoms with van der Waals surface area (Å²) in [6, 6.07) is 14.1. The molecule has 0 spiro atoms. The Morgan fingerprint density at radius 2 is 1.94 bits per heavy atom. The van der Waals surface area contributed by atoms with E-state index in [1.165, 1.54) is 0 Å². The minimum atomic E-state index is 0.107. The minimum absolute atomic E-state index is 0.107. The molecule has 82 valence electrons. The molecule has 0 aliphatic carbocycles. The first-order chi connectivity index (χ1) is 7.90. The SMILES string of the molecule is NCC(Nc1ccccc1)c1cccnc1. The Morgan fingerprint density at radius 3 is 2.56 bits per heavy atom. The van der Waals surface area contributed by atoms with E-state index < -0.39 is 0 Å². The smallest absolute Gasteiger partial charge is 0.0651 e. The number of nitrogens with zero attached hydrogens (tertiary/aromatic N) is 1. The van der Waals surface area contributed by atoms with Gasteiger partial charge in [-0.3, -0.25) is 4.98 Å². The molecule has 1 aromatic carbocycles. The normalized spacial score (nSPS) is 12.1. The van der Waals surface area contributed by atoms with Crippen LogP contribution in [0.15, 0.2) is 54.9 Å². The van der Waals surface area contributed by atoms with Crippen LogP contribution in [0.4, 0.5) is 5.69 Å². The maximum Gasteiger partial charge on any atom is 0.0651 e. The maximum absolute atomic E-state index is 5.76. The second kappa shape index (κ2) is 5.28. The van der Waals surface area contributed by atoms with E-state index in [0.29, 0.717) is 6.54 Å². The molecule has 0 radical (unpaired) electrons. The lowest BCUT2D eigenvalue weighted by Crippen LogP contribution is -2.20. The van der Waals surface area contributed by atoms with E-state index in [1.807, 2.05) is 48.7 Å². The van der Waals surface area contributed by atoms with Crippen molar-refractivity contribution in [1.82, 2.24) is 4.98 Å². The van der Waals surface area contributed by atoms with Crippen LogP contribution < -0.4 is 11.1 Å². The second-order valence-electron chi connectivity index (χ2n) is 3.59. The standard InChI is InChI=1S/C13H15N3/c14-9-13(11-5-4-8-15-10-11)16-12-6-2-1-3-7-12/h1-8,10,13,16H,9,14H2. The Balaban J connectivity index is 2.13. The molecule has 0 bridgehead atoms. The van der Waals surface area contributed by atoms with E-state index in [9.17, 15) is 0 Å². The predicted octanol–water partition coefficient (Wildman–Crippen LogP) is 2.19. The highest BCUT2D eigenvalue weighted by Gasteiger charge is 2.08. The highest BCUT2D eigenvalue weighted by Crippen LogP contribution is 2.17. The lowest BCUT2D eigenvalue weighted by atomic mass is 10.1. The number of nitrogens with two attached hydrogens (primary N) is 1. The van der Waals surface area contributed by atoms with Crippen LogP contribution in [0.5, 0.6) is 0 Å². The van der Waals surface area contributed by atoms with E-state index in [-0.39, 0.29) is 6.04 Å². The summed E-state index contributed by atoms with van der Waals surface area (Å²) in [6.07, 6.45) is 3.60. The van der Waals surface area contributed by atoms with Gasteiger partial charge in [0.05, 0.1) is 6.04 Å². The summed E-state index contributed by atoms with van der Waals surface area (Å²) < 4.78 is 0. The molecular formula is C13H15N3. The Bertz CT molecular complexity index is 414. The van der Waals surface area contributed by atoms with Crippen LogP contribution in [0.25, 0.3) is 0 Å². The molecule has 0 saturated carbocycles. The van der Waals surface area contributed by atoms with Crippen molar-refractivity contribution < 1.29 is 0 Å². The molecule has 0 aliphatic heterocycles. The van der Waals surface area contributed by atoms with Gasteiger partial charge in [0, 0.05) is 24.6 Å². The molecule has 16 heavy (non-hydrogen) atoms. The number of hydrogen-bond donors (Lipinski definition) is 2. The number of anilines is 1. The van der Waals surface area contributed by atoms with Crippen molar-refractivity contribution in [3.8, 4) is 0 Å². The zero-order valence-corrected chi connectivity index (χ0v) is 9.01. The van der Waals surface area contributed by atoms with Gasteiger partial charge in [0.15, 0.2) is 0 Å². The lowest BCUT2D eigenvalue weighted by molar-refractivity contribution is 0.785. The number of para-hydroxylation sites is 1. The molecule has 0 fully saturated rings. The first kappa shape index (κ1) is 10.6. The largest absolute Gasteiger partial charge is 0.377 e. The molecule has 2 aromatic rings. The molecule has 0 aliphatic rings. The topological polar surface area (TPSA) is 50.9 Å². The summed E-state index contributed by atoms with van der Waals surface area (Å²) in [6.45, 7) is 0.542. The number of aromatic nitrogens is 1. The highest BCUT2D eigenvalue weighted by atomic mass is 14.9. The third-order valence-electron chi connectivity index (χ3n) is 2.44. The lowest BCUT2D eigenvalue weighted by Gasteiger charge is -2.18. The van der Waals surface area contributed by atoms with Gasteiger partial charge in [0.2, 0.25) is 0 Å². The van der Waals surface area contributed by atoms with Gasteiger partial charge in [-0.1, -0.05) is 24.3 Å². The molecule has 3 nitrogen and oxygen atoms in total. The monoisotopic (exact) mass is 213 g/mol. The summed E-state index contributed by atoms with van der Waals surface area (Å²) in [4.78, 5) is 4.10. The number of benzene rings is 1. The maximum atomic E-state index is 5.76. The molecular weight excluding hydrogens is 198 g/mol. The molecule has 0 saturated heterocycles. The molecule has 1 unspecified atom stereocenters. The fraction of sp³-hybridized carbons (Fsp3) is 0.154. The Labute approximate surface area is 95.3 Å². The molecule has 0 amide bonds. The summed E-state index contributed by atoms with van der Waals surface area (Å²) in [5.74, 6) is 0. The van der Waals surface area contributed by atoms with Crippen LogP contribution in [0.3, 0.4) is 0 Å². The number of rotatable bonds is 4. The van der Waals surface area contributed by atoms with Crippen molar-refractivity contribution in [2.24, 2.45) is 5.73 Å². The van der Waals surface area contributed by atoms with Gasteiger partial charge in [-0.15, -0.1) is 0 Å². The number of nitrogens with one attached hydrogen (secondary N) is 1. The van der Waals surface area contributed by atoms with Gasteiger partial charge in [-0.05, 0) is 23.8 Å². The summed E-state index contributed by atoms with van der Waals surface area (Å²) in [7, 11) is 0. The summed E-state index contributed by atoms with van der Waals surface area (Å²) in [5, 5.41) is 3.38. The average Bonchev–Trinajstić information content (AvgIpc) is 2.38. The third-order valence-corrected chi connectivity index (χ3v) is 2.44. The predicted molar refractivity (Wildman–Crippen MR) is 66.1 cm³/mol. The highest BCUT2D eigenvalue weighted by molar-refractivity contribution is 5.45. The van der Waals surface area contributed by atoms with Gasteiger partial charge in [0.1, 0.15) is 0 Å². The van der Waals surface area contributed by atoms with E-state index in [4.69, 9.17) is 5.73 Å². The molecule has 1 atom stereocenters. The third kappa shape index (κ3) is 2.58. The Kier molecular flexibility index (Phi) is 3.51. The van der Waals surface area contributed by atoms with Crippen LogP contribution in [-0.4, -0.2) is 11.5 Å². The van der Waals surface area contributed by atoms with Gasteiger partial charge in [0.25, 0.3) is 0 Å². The van der Waals surface area contributed by atoms with Crippen LogP contribution in [0.2, 0.25) is 0 Å². The molecule has 2 rings (SSSR count). The zero-order valence-electron chi connectivity index (χ0n) is 9.01. The summed E-state index contributed by atoms with van der Waals surface area (Å²) >= 11 is 0. The van der Waals surface area contributed by atoms with Crippen molar-refractivity contribution >= 4 is 5.69 Å². The first-order valence-electron chi connectivity index (χ1n) is 5.31. The van der Waals surface area contributed by atoms with Crippen LogP contribution in [-0.2, 0) is 0 Å². The van der Waals surface area contributed by atoms with Crippen molar-refractivity contribution in [3.05, 3.63) is 60.4 Å². The van der Waals surface area contributed by atoms with Crippen molar-refractivity contribution in [3.63, 3.8) is 0 Å². The zero-order chi connectivity index (χ0) is 11.2. The van der Waals surface area contributed by atoms with Crippen molar-refractivity contribution in [2.75, 3.05) is 11.9 Å². The fourth-order valence-electron chi connectivity index (χ4n) is 1.60. The second-order valence-corrected chi connectivity index (χ2v) is 3.59. The van der Waals surface area contributed by atoms with E-state index in [0.717, 1.165) is 11.3 Å². The van der Waals surface area contributed by atoms with Crippen LogP contribution in [0, 0.1) is 0 Å². The summed E-state index contributed by atoms with van der Waals surface area (Å²) in [5.41, 5.74) is 7.94. The van der Waals surface area contributed by atoms with E-state index in [2.05, 4.69) is 10.3 Å². The van der Waals surface area contributed by atoms with Crippen LogP contribution in [0.1, 0.15) is 11.6 Å². The Morgan fingerprint density at radius 1 is 1.12 bits per heavy atom. The van der Waals surface area contributed by atoms with Gasteiger partial charge in [-0.25, -0.2) is 0 Å². The van der Waals surface area contributed by atoms with E-state index >= 15 is 0 Å². The molecule has 3 heteroatoms. The minimum Gasteiger partial charge on any atom is -0.377 e. The first-order valence-corrected chi connectivity index (χ1v) is 5.31. The Hall–Kier alpha value is -1.87. The molecule has 1 aromatic heterocycles. The van der Waals surface area contributed by atoms with Gasteiger partial charge >= 0.3 is 0 Å². The number of hydrogen-bond acceptors (Lipinski definition) is 3. The van der Waals surface area contributed by atoms with Gasteiger partial charge < -0.3 is 11.1 Å². The molecule has 3 N–H and O–H groups in total. The van der Waals surface area contributed by atoms with Crippen LogP contribution >= 0.6 is 0 Å². The fourth-order valence-corrected chi connectivity index (χ4v) is 1.60. The van der Waals surface area contributed by atoms with Gasteiger partial charge in [-0.2, -0.15) is 0 Å². The number of pyridine rings is 1. The van der Waals surface area contributed by atoms with Crippen molar-refractivity contribution in [1.29, 1.82) is 0 Å². The van der Waals surface area contributed by atoms with E-state index in [1.54, 1.807) is 6.20 Å². The molecule has 1 heterocycles.